The zero-order chi connectivity index (χ0) is 14.0. The zero-order valence-corrected chi connectivity index (χ0v) is 13.1. The molecule has 0 saturated carbocycles. The zero-order valence-electron chi connectivity index (χ0n) is 9.45. The largest absolute Gasteiger partial charge is 0.506 e. The van der Waals surface area contributed by atoms with Crippen molar-refractivity contribution in [3.05, 3.63) is 55.6 Å². The maximum absolute atomic E-state index is 12.1. The van der Waals surface area contributed by atoms with Gasteiger partial charge in [0, 0.05) is 14.3 Å². The van der Waals surface area contributed by atoms with Gasteiger partial charge >= 0.3 is 0 Å². The SMILES string of the molecule is O=C(Nc1ccc(O)c(Cl)c1)c1cc(Cl)ccc1I. The van der Waals surface area contributed by atoms with Crippen LogP contribution in [0.1, 0.15) is 10.4 Å². The van der Waals surface area contributed by atoms with Crippen LogP contribution in [0.25, 0.3) is 0 Å². The van der Waals surface area contributed by atoms with Crippen LogP contribution in [0.4, 0.5) is 5.69 Å². The number of anilines is 1. The van der Waals surface area contributed by atoms with Gasteiger partial charge in [0.2, 0.25) is 0 Å². The number of halogens is 3. The van der Waals surface area contributed by atoms with Gasteiger partial charge in [-0.25, -0.2) is 0 Å². The quantitative estimate of drug-likeness (QED) is 0.566. The molecule has 0 spiro atoms. The molecule has 0 bridgehead atoms. The molecule has 0 fully saturated rings. The Bertz CT molecular complexity index is 647. The van der Waals surface area contributed by atoms with Crippen molar-refractivity contribution in [2.75, 3.05) is 5.32 Å². The van der Waals surface area contributed by atoms with E-state index in [1.54, 1.807) is 24.3 Å². The maximum Gasteiger partial charge on any atom is 0.256 e. The van der Waals surface area contributed by atoms with E-state index in [0.29, 0.717) is 16.3 Å². The molecule has 2 aromatic rings. The smallest absolute Gasteiger partial charge is 0.256 e. The number of benzene rings is 2. The molecule has 0 saturated heterocycles. The Hall–Kier alpha value is -0.980. The van der Waals surface area contributed by atoms with E-state index >= 15 is 0 Å². The predicted molar refractivity (Wildman–Crippen MR) is 85.2 cm³/mol. The standard InChI is InChI=1S/C13H8Cl2INO2/c14-7-1-3-11(16)9(5-7)13(19)17-8-2-4-12(18)10(15)6-8/h1-6,18H,(H,17,19). The number of carbonyl (C=O) groups excluding carboxylic acids is 1. The van der Waals surface area contributed by atoms with Crippen LogP contribution < -0.4 is 5.32 Å². The monoisotopic (exact) mass is 407 g/mol. The van der Waals surface area contributed by atoms with E-state index in [1.165, 1.54) is 12.1 Å². The summed E-state index contributed by atoms with van der Waals surface area (Å²) in [5.74, 6) is -0.314. The second-order valence-corrected chi connectivity index (χ2v) is 5.75. The molecule has 0 aliphatic carbocycles. The molecule has 2 N–H and O–H groups in total. The molecule has 0 aliphatic heterocycles. The highest BCUT2D eigenvalue weighted by Crippen LogP contribution is 2.27. The van der Waals surface area contributed by atoms with E-state index in [4.69, 9.17) is 23.2 Å². The van der Waals surface area contributed by atoms with Crippen molar-refractivity contribution in [2.24, 2.45) is 0 Å². The van der Waals surface area contributed by atoms with Gasteiger partial charge in [-0.1, -0.05) is 23.2 Å². The third-order valence-corrected chi connectivity index (χ3v) is 3.86. The molecule has 0 heterocycles. The Balaban J connectivity index is 2.25. The lowest BCUT2D eigenvalue weighted by Crippen LogP contribution is -2.13. The fraction of sp³-hybridized carbons (Fsp3) is 0. The van der Waals surface area contributed by atoms with Gasteiger partial charge in [0.25, 0.3) is 5.91 Å². The first-order chi connectivity index (χ1) is 8.97. The molecule has 0 atom stereocenters. The first kappa shape index (κ1) is 14.4. The summed E-state index contributed by atoms with van der Waals surface area (Å²) in [6.45, 7) is 0. The summed E-state index contributed by atoms with van der Waals surface area (Å²) in [4.78, 5) is 12.1. The highest BCUT2D eigenvalue weighted by molar-refractivity contribution is 14.1. The Morgan fingerprint density at radius 3 is 2.58 bits per heavy atom. The third-order valence-electron chi connectivity index (χ3n) is 2.38. The van der Waals surface area contributed by atoms with E-state index in [2.05, 4.69) is 27.9 Å². The van der Waals surface area contributed by atoms with Gasteiger partial charge in [-0.2, -0.15) is 0 Å². The molecule has 0 aliphatic rings. The number of hydrogen-bond acceptors (Lipinski definition) is 2. The second-order valence-electron chi connectivity index (χ2n) is 3.74. The topological polar surface area (TPSA) is 49.3 Å². The molecular formula is C13H8Cl2INO2. The second kappa shape index (κ2) is 5.98. The van der Waals surface area contributed by atoms with Crippen LogP contribution in [-0.2, 0) is 0 Å². The molecule has 1 amide bonds. The van der Waals surface area contributed by atoms with Crippen molar-refractivity contribution in [3.8, 4) is 5.75 Å². The van der Waals surface area contributed by atoms with Crippen LogP contribution in [-0.4, -0.2) is 11.0 Å². The molecule has 0 unspecified atom stereocenters. The van der Waals surface area contributed by atoms with Crippen molar-refractivity contribution >= 4 is 57.4 Å². The number of aromatic hydroxyl groups is 1. The Labute approximate surface area is 133 Å². The van der Waals surface area contributed by atoms with E-state index in [9.17, 15) is 9.90 Å². The van der Waals surface area contributed by atoms with Crippen molar-refractivity contribution < 1.29 is 9.90 Å². The van der Waals surface area contributed by atoms with Crippen LogP contribution >= 0.6 is 45.8 Å². The number of hydrogen-bond donors (Lipinski definition) is 2. The molecule has 19 heavy (non-hydrogen) atoms. The average molecular weight is 408 g/mol. The summed E-state index contributed by atoms with van der Waals surface area (Å²) >= 11 is 13.7. The van der Waals surface area contributed by atoms with E-state index in [-0.39, 0.29) is 16.7 Å². The summed E-state index contributed by atoms with van der Waals surface area (Å²) in [5, 5.41) is 12.7. The number of rotatable bonds is 2. The molecule has 3 nitrogen and oxygen atoms in total. The molecular weight excluding hydrogens is 400 g/mol. The summed E-state index contributed by atoms with van der Waals surface area (Å²) in [6.07, 6.45) is 0. The molecule has 0 aromatic heterocycles. The highest BCUT2D eigenvalue weighted by Gasteiger charge is 2.11. The minimum atomic E-state index is -0.284. The van der Waals surface area contributed by atoms with E-state index < -0.39 is 0 Å². The lowest BCUT2D eigenvalue weighted by atomic mass is 10.2. The lowest BCUT2D eigenvalue weighted by molar-refractivity contribution is 0.102. The van der Waals surface area contributed by atoms with E-state index in [0.717, 1.165) is 3.57 Å². The van der Waals surface area contributed by atoms with Crippen molar-refractivity contribution in [2.45, 2.75) is 0 Å². The summed E-state index contributed by atoms with van der Waals surface area (Å²) < 4.78 is 0.796. The van der Waals surface area contributed by atoms with Gasteiger partial charge in [0.15, 0.2) is 0 Å². The van der Waals surface area contributed by atoms with Gasteiger partial charge in [0.1, 0.15) is 5.75 Å². The Morgan fingerprint density at radius 1 is 1.16 bits per heavy atom. The molecule has 2 aromatic carbocycles. The highest BCUT2D eigenvalue weighted by atomic mass is 127. The number of carbonyl (C=O) groups is 1. The fourth-order valence-corrected chi connectivity index (χ4v) is 2.39. The third kappa shape index (κ3) is 3.52. The average Bonchev–Trinajstić information content (AvgIpc) is 2.36. The summed E-state index contributed by atoms with van der Waals surface area (Å²) in [5.41, 5.74) is 0.987. The fourth-order valence-electron chi connectivity index (χ4n) is 1.45. The van der Waals surface area contributed by atoms with Crippen molar-refractivity contribution in [1.29, 1.82) is 0 Å². The first-order valence-corrected chi connectivity index (χ1v) is 7.06. The van der Waals surface area contributed by atoms with Crippen LogP contribution in [0.3, 0.4) is 0 Å². The van der Waals surface area contributed by atoms with Crippen LogP contribution in [0, 0.1) is 3.57 Å². The van der Waals surface area contributed by atoms with Gasteiger partial charge in [-0.05, 0) is 59.0 Å². The van der Waals surface area contributed by atoms with Gasteiger partial charge in [-0.15, -0.1) is 0 Å². The Morgan fingerprint density at radius 2 is 1.89 bits per heavy atom. The lowest BCUT2D eigenvalue weighted by Gasteiger charge is -2.08. The van der Waals surface area contributed by atoms with Gasteiger partial charge in [-0.3, -0.25) is 4.79 Å². The molecule has 0 radical (unpaired) electrons. The molecule has 98 valence electrons. The minimum absolute atomic E-state index is 0.0306. The summed E-state index contributed by atoms with van der Waals surface area (Å²) in [6, 6.07) is 9.55. The minimum Gasteiger partial charge on any atom is -0.506 e. The normalized spacial score (nSPS) is 10.3. The van der Waals surface area contributed by atoms with Crippen LogP contribution in [0.15, 0.2) is 36.4 Å². The summed E-state index contributed by atoms with van der Waals surface area (Å²) in [7, 11) is 0. The predicted octanol–water partition coefficient (Wildman–Crippen LogP) is 4.56. The molecule has 2 rings (SSSR count). The number of amides is 1. The van der Waals surface area contributed by atoms with Gasteiger partial charge < -0.3 is 10.4 Å². The van der Waals surface area contributed by atoms with E-state index in [1.807, 2.05) is 0 Å². The maximum atomic E-state index is 12.1. The van der Waals surface area contributed by atoms with Gasteiger partial charge in [0.05, 0.1) is 10.6 Å². The Kier molecular flexibility index (Phi) is 4.54. The number of phenols is 1. The van der Waals surface area contributed by atoms with Crippen molar-refractivity contribution in [3.63, 3.8) is 0 Å². The van der Waals surface area contributed by atoms with Crippen LogP contribution in [0.5, 0.6) is 5.75 Å². The number of phenolic OH excluding ortho intramolecular Hbond substituents is 1. The van der Waals surface area contributed by atoms with Crippen LogP contribution in [0.2, 0.25) is 10.0 Å². The van der Waals surface area contributed by atoms with Crippen molar-refractivity contribution in [1.82, 2.24) is 0 Å². The first-order valence-electron chi connectivity index (χ1n) is 5.22. The number of nitrogens with one attached hydrogen (secondary N) is 1. The molecule has 6 heteroatoms.